The number of carbonyl (C=O) groups excluding carboxylic acids is 1. The molecule has 1 N–H and O–H groups in total. The summed E-state index contributed by atoms with van der Waals surface area (Å²) in [5.41, 5.74) is -0.926. The smallest absolute Gasteiger partial charge is 0.347 e. The van der Waals surface area contributed by atoms with E-state index in [0.29, 0.717) is 6.54 Å². The summed E-state index contributed by atoms with van der Waals surface area (Å²) >= 11 is 4.76. The number of nitrogens with zero attached hydrogens (tertiary/aromatic N) is 1. The summed E-state index contributed by atoms with van der Waals surface area (Å²) in [7, 11) is 0. The molecule has 0 radical (unpaired) electrons. The van der Waals surface area contributed by atoms with E-state index in [1.807, 2.05) is 11.4 Å². The molecule has 8 heteroatoms. The average Bonchev–Trinajstić information content (AvgIpc) is 2.81. The molecule has 1 amide bonds. The highest BCUT2D eigenvalue weighted by Crippen LogP contribution is 2.27. The minimum absolute atomic E-state index is 0.0913. The lowest BCUT2D eigenvalue weighted by molar-refractivity contribution is -0.141. The van der Waals surface area contributed by atoms with Gasteiger partial charge in [-0.1, -0.05) is 0 Å². The molecule has 2 heterocycles. The number of amides is 1. The Kier molecular flexibility index (Phi) is 4.44. The van der Waals surface area contributed by atoms with Crippen LogP contribution in [0.25, 0.3) is 0 Å². The standard InChI is InChI=1S/C12H8BrF3N2OS/c13-8-3-9(20-6-8)5-18-11(19)7-1-2-10(17-4-7)12(14,15)16/h1-4,6H,5H2,(H,18,19). The molecule has 0 bridgehead atoms. The number of rotatable bonds is 3. The Hall–Kier alpha value is -1.41. The lowest BCUT2D eigenvalue weighted by Gasteiger charge is -2.07. The molecule has 0 aliphatic rings. The van der Waals surface area contributed by atoms with Crippen LogP contribution >= 0.6 is 27.3 Å². The second-order valence-electron chi connectivity index (χ2n) is 3.84. The van der Waals surface area contributed by atoms with Crippen molar-refractivity contribution in [1.82, 2.24) is 10.3 Å². The van der Waals surface area contributed by atoms with Crippen LogP contribution in [0.5, 0.6) is 0 Å². The summed E-state index contributed by atoms with van der Waals surface area (Å²) in [5, 5.41) is 4.49. The molecule has 2 rings (SSSR count). The van der Waals surface area contributed by atoms with Crippen molar-refractivity contribution < 1.29 is 18.0 Å². The molecular formula is C12H8BrF3N2OS. The molecule has 0 aromatic carbocycles. The first-order valence-electron chi connectivity index (χ1n) is 5.40. The van der Waals surface area contributed by atoms with Gasteiger partial charge < -0.3 is 5.32 Å². The van der Waals surface area contributed by atoms with Crippen LogP contribution in [0.2, 0.25) is 0 Å². The van der Waals surface area contributed by atoms with Gasteiger partial charge in [-0.25, -0.2) is 0 Å². The predicted molar refractivity (Wildman–Crippen MR) is 72.4 cm³/mol. The number of aromatic nitrogens is 1. The maximum Gasteiger partial charge on any atom is 0.433 e. The lowest BCUT2D eigenvalue weighted by atomic mass is 10.2. The topological polar surface area (TPSA) is 42.0 Å². The highest BCUT2D eigenvalue weighted by molar-refractivity contribution is 9.10. The van der Waals surface area contributed by atoms with Crippen molar-refractivity contribution in [1.29, 1.82) is 0 Å². The summed E-state index contributed by atoms with van der Waals surface area (Å²) in [5.74, 6) is -0.462. The number of thiophene rings is 1. The van der Waals surface area contributed by atoms with E-state index >= 15 is 0 Å². The summed E-state index contributed by atoms with van der Waals surface area (Å²) in [6.07, 6.45) is -3.58. The van der Waals surface area contributed by atoms with Gasteiger partial charge in [0.1, 0.15) is 5.69 Å². The predicted octanol–water partition coefficient (Wildman–Crippen LogP) is 3.85. The van der Waals surface area contributed by atoms with Gasteiger partial charge in [0.15, 0.2) is 0 Å². The van der Waals surface area contributed by atoms with Crippen LogP contribution in [0.4, 0.5) is 13.2 Å². The van der Waals surface area contributed by atoms with Crippen LogP contribution in [0.15, 0.2) is 34.2 Å². The second kappa shape index (κ2) is 5.92. The summed E-state index contributed by atoms with van der Waals surface area (Å²) in [6, 6.07) is 3.75. The molecule has 0 saturated heterocycles. The fraction of sp³-hybridized carbons (Fsp3) is 0.167. The largest absolute Gasteiger partial charge is 0.433 e. The summed E-state index contributed by atoms with van der Waals surface area (Å²) in [6.45, 7) is 0.316. The highest BCUT2D eigenvalue weighted by atomic mass is 79.9. The van der Waals surface area contributed by atoms with E-state index in [-0.39, 0.29) is 5.56 Å². The first-order chi connectivity index (χ1) is 9.36. The number of carbonyl (C=O) groups is 1. The van der Waals surface area contributed by atoms with Crippen LogP contribution in [0, 0.1) is 0 Å². The SMILES string of the molecule is O=C(NCc1cc(Br)cs1)c1ccc(C(F)(F)F)nc1. The Bertz CT molecular complexity index is 610. The fourth-order valence-corrected chi connectivity index (χ4v) is 2.80. The van der Waals surface area contributed by atoms with Crippen molar-refractivity contribution in [3.8, 4) is 0 Å². The van der Waals surface area contributed by atoms with Crippen LogP contribution < -0.4 is 5.32 Å². The zero-order valence-electron chi connectivity index (χ0n) is 9.87. The van der Waals surface area contributed by atoms with Crippen molar-refractivity contribution in [3.05, 3.63) is 50.4 Å². The number of nitrogens with one attached hydrogen (secondary N) is 1. The molecule has 0 unspecified atom stereocenters. The van der Waals surface area contributed by atoms with Crippen molar-refractivity contribution in [3.63, 3.8) is 0 Å². The first kappa shape index (κ1) is 15.0. The Morgan fingerprint density at radius 1 is 1.40 bits per heavy atom. The third-order valence-corrected chi connectivity index (χ3v) is 4.06. The highest BCUT2D eigenvalue weighted by Gasteiger charge is 2.32. The Balaban J connectivity index is 1.99. The van der Waals surface area contributed by atoms with E-state index in [1.165, 1.54) is 11.3 Å². The number of pyridine rings is 1. The number of halogens is 4. The summed E-state index contributed by atoms with van der Waals surface area (Å²) < 4.78 is 37.9. The van der Waals surface area contributed by atoms with Crippen molar-refractivity contribution in [2.24, 2.45) is 0 Å². The van der Waals surface area contributed by atoms with Gasteiger partial charge in [0.25, 0.3) is 5.91 Å². The number of hydrogen-bond donors (Lipinski definition) is 1. The van der Waals surface area contributed by atoms with Gasteiger partial charge in [0.2, 0.25) is 0 Å². The lowest BCUT2D eigenvalue weighted by Crippen LogP contribution is -2.22. The Morgan fingerprint density at radius 3 is 2.65 bits per heavy atom. The molecule has 0 aliphatic carbocycles. The number of hydrogen-bond acceptors (Lipinski definition) is 3. The maximum absolute atomic E-state index is 12.3. The molecule has 0 atom stereocenters. The number of alkyl halides is 3. The zero-order chi connectivity index (χ0) is 14.8. The van der Waals surface area contributed by atoms with Crippen LogP contribution in [-0.2, 0) is 12.7 Å². The molecule has 3 nitrogen and oxygen atoms in total. The molecule has 2 aromatic heterocycles. The molecule has 2 aromatic rings. The van der Waals surface area contributed by atoms with Gasteiger partial charge in [-0.2, -0.15) is 13.2 Å². The first-order valence-corrected chi connectivity index (χ1v) is 7.08. The third-order valence-electron chi connectivity index (χ3n) is 2.36. The molecule has 0 saturated carbocycles. The van der Waals surface area contributed by atoms with Gasteiger partial charge in [-0.05, 0) is 34.1 Å². The van der Waals surface area contributed by atoms with Gasteiger partial charge in [0.05, 0.1) is 12.1 Å². The van der Waals surface area contributed by atoms with E-state index in [2.05, 4.69) is 26.2 Å². The molecule has 106 valence electrons. The van der Waals surface area contributed by atoms with Crippen LogP contribution in [0.3, 0.4) is 0 Å². The fourth-order valence-electron chi connectivity index (χ4n) is 1.41. The monoisotopic (exact) mass is 364 g/mol. The molecule has 0 aliphatic heterocycles. The average molecular weight is 365 g/mol. The van der Waals surface area contributed by atoms with E-state index in [1.54, 1.807) is 0 Å². The van der Waals surface area contributed by atoms with Gasteiger partial charge >= 0.3 is 6.18 Å². The van der Waals surface area contributed by atoms with Crippen LogP contribution in [0.1, 0.15) is 20.9 Å². The quantitative estimate of drug-likeness (QED) is 0.898. The van der Waals surface area contributed by atoms with Gasteiger partial charge in [-0.3, -0.25) is 9.78 Å². The van der Waals surface area contributed by atoms with Crippen molar-refractivity contribution >= 4 is 33.2 Å². The second-order valence-corrected chi connectivity index (χ2v) is 5.76. The molecule has 0 fully saturated rings. The van der Waals surface area contributed by atoms with Gasteiger partial charge in [0, 0.05) is 20.9 Å². The maximum atomic E-state index is 12.3. The molecule has 0 spiro atoms. The van der Waals surface area contributed by atoms with Crippen molar-refractivity contribution in [2.75, 3.05) is 0 Å². The minimum Gasteiger partial charge on any atom is -0.347 e. The van der Waals surface area contributed by atoms with Crippen LogP contribution in [-0.4, -0.2) is 10.9 Å². The Morgan fingerprint density at radius 2 is 2.15 bits per heavy atom. The van der Waals surface area contributed by atoms with E-state index in [4.69, 9.17) is 0 Å². The normalized spacial score (nSPS) is 11.4. The van der Waals surface area contributed by atoms with Crippen molar-refractivity contribution in [2.45, 2.75) is 12.7 Å². The van der Waals surface area contributed by atoms with E-state index in [9.17, 15) is 18.0 Å². The molecule has 20 heavy (non-hydrogen) atoms. The minimum atomic E-state index is -4.50. The van der Waals surface area contributed by atoms with E-state index < -0.39 is 17.8 Å². The third kappa shape index (κ3) is 3.80. The van der Waals surface area contributed by atoms with Gasteiger partial charge in [-0.15, -0.1) is 11.3 Å². The Labute approximate surface area is 125 Å². The summed E-state index contributed by atoms with van der Waals surface area (Å²) in [4.78, 5) is 15.9. The zero-order valence-corrected chi connectivity index (χ0v) is 12.3. The molecular weight excluding hydrogens is 357 g/mol. The van der Waals surface area contributed by atoms with E-state index in [0.717, 1.165) is 27.7 Å².